The second kappa shape index (κ2) is 7.31. The minimum Gasteiger partial charge on any atom is -0.355 e. The lowest BCUT2D eigenvalue weighted by molar-refractivity contribution is -0.120. The zero-order valence-corrected chi connectivity index (χ0v) is 13.2. The molecule has 1 aromatic carbocycles. The Labute approximate surface area is 126 Å². The number of rotatable bonds is 7. The summed E-state index contributed by atoms with van der Waals surface area (Å²) in [6.45, 7) is 0.618. The maximum atomic E-state index is 11.6. The molecule has 1 aliphatic carbocycles. The summed E-state index contributed by atoms with van der Waals surface area (Å²) in [7, 11) is 0. The molecule has 0 heterocycles. The standard InChI is InChI=1S/C14H19BrN2OS/c15-11-3-5-12(6-4-11)19-8-7-14(18)17-9-13(16)10-1-2-10/h3-6,10,13H,1-2,7-9,16H2,(H,17,18). The Balaban J connectivity index is 1.59. The van der Waals surface area contributed by atoms with Gasteiger partial charge in [-0.3, -0.25) is 4.79 Å². The van der Waals surface area contributed by atoms with E-state index in [0.29, 0.717) is 18.9 Å². The number of hydrogen-bond acceptors (Lipinski definition) is 3. The van der Waals surface area contributed by atoms with Crippen LogP contribution in [0.1, 0.15) is 19.3 Å². The van der Waals surface area contributed by atoms with Gasteiger partial charge in [0.25, 0.3) is 0 Å². The van der Waals surface area contributed by atoms with E-state index in [2.05, 4.69) is 33.4 Å². The quantitative estimate of drug-likeness (QED) is 0.749. The van der Waals surface area contributed by atoms with E-state index in [4.69, 9.17) is 5.73 Å². The van der Waals surface area contributed by atoms with Crippen molar-refractivity contribution in [2.24, 2.45) is 11.7 Å². The Morgan fingerprint density at radius 1 is 1.42 bits per heavy atom. The first-order valence-corrected chi connectivity index (χ1v) is 8.33. The Hall–Kier alpha value is -0.520. The largest absolute Gasteiger partial charge is 0.355 e. The first-order chi connectivity index (χ1) is 9.15. The number of thioether (sulfide) groups is 1. The molecule has 2 rings (SSSR count). The fourth-order valence-corrected chi connectivity index (χ4v) is 2.92. The molecule has 1 saturated carbocycles. The third kappa shape index (κ3) is 5.55. The first kappa shape index (κ1) is 14.9. The van der Waals surface area contributed by atoms with E-state index in [1.54, 1.807) is 11.8 Å². The van der Waals surface area contributed by atoms with E-state index >= 15 is 0 Å². The highest BCUT2D eigenvalue weighted by Gasteiger charge is 2.28. The Morgan fingerprint density at radius 3 is 2.74 bits per heavy atom. The molecule has 0 radical (unpaired) electrons. The second-order valence-electron chi connectivity index (χ2n) is 4.86. The van der Waals surface area contributed by atoms with E-state index in [0.717, 1.165) is 10.2 Å². The topological polar surface area (TPSA) is 55.1 Å². The molecule has 1 amide bonds. The van der Waals surface area contributed by atoms with Gasteiger partial charge in [0, 0.05) is 34.1 Å². The molecular formula is C14H19BrN2OS. The van der Waals surface area contributed by atoms with Crippen molar-refractivity contribution in [1.82, 2.24) is 5.32 Å². The van der Waals surface area contributed by atoms with Gasteiger partial charge in [0.05, 0.1) is 0 Å². The molecule has 5 heteroatoms. The van der Waals surface area contributed by atoms with Gasteiger partial charge in [0.1, 0.15) is 0 Å². The van der Waals surface area contributed by atoms with Crippen molar-refractivity contribution in [3.63, 3.8) is 0 Å². The molecule has 104 valence electrons. The number of carbonyl (C=O) groups excluding carboxylic acids is 1. The van der Waals surface area contributed by atoms with Crippen molar-refractivity contribution >= 4 is 33.6 Å². The second-order valence-corrected chi connectivity index (χ2v) is 6.94. The van der Waals surface area contributed by atoms with Crippen LogP contribution < -0.4 is 11.1 Å². The van der Waals surface area contributed by atoms with Gasteiger partial charge in [-0.15, -0.1) is 11.8 Å². The molecule has 3 nitrogen and oxygen atoms in total. The molecule has 19 heavy (non-hydrogen) atoms. The Morgan fingerprint density at radius 2 is 2.11 bits per heavy atom. The Bertz CT molecular complexity index is 420. The molecule has 1 unspecified atom stereocenters. The zero-order chi connectivity index (χ0) is 13.7. The van der Waals surface area contributed by atoms with Crippen LogP contribution in [0.2, 0.25) is 0 Å². The van der Waals surface area contributed by atoms with Crippen LogP contribution in [-0.2, 0) is 4.79 Å². The van der Waals surface area contributed by atoms with Crippen molar-refractivity contribution in [3.05, 3.63) is 28.7 Å². The molecule has 3 N–H and O–H groups in total. The molecule has 0 aliphatic heterocycles. The maximum Gasteiger partial charge on any atom is 0.220 e. The smallest absolute Gasteiger partial charge is 0.220 e. The van der Waals surface area contributed by atoms with Crippen molar-refractivity contribution in [2.75, 3.05) is 12.3 Å². The minimum atomic E-state index is 0.0979. The van der Waals surface area contributed by atoms with Crippen LogP contribution in [-0.4, -0.2) is 24.2 Å². The van der Waals surface area contributed by atoms with Gasteiger partial charge in [-0.2, -0.15) is 0 Å². The molecule has 0 saturated heterocycles. The average molecular weight is 343 g/mol. The summed E-state index contributed by atoms with van der Waals surface area (Å²) >= 11 is 5.10. The molecule has 0 spiro atoms. The van der Waals surface area contributed by atoms with E-state index in [9.17, 15) is 4.79 Å². The van der Waals surface area contributed by atoms with Crippen LogP contribution in [0.15, 0.2) is 33.6 Å². The molecule has 1 atom stereocenters. The summed E-state index contributed by atoms with van der Waals surface area (Å²) in [5.41, 5.74) is 5.94. The van der Waals surface area contributed by atoms with Gasteiger partial charge in [-0.05, 0) is 43.0 Å². The monoisotopic (exact) mass is 342 g/mol. The van der Waals surface area contributed by atoms with Gasteiger partial charge in [0.2, 0.25) is 5.91 Å². The molecule has 0 aromatic heterocycles. The SMILES string of the molecule is NC(CNC(=O)CCSc1ccc(Br)cc1)C1CC1. The van der Waals surface area contributed by atoms with Gasteiger partial charge in [-0.25, -0.2) is 0 Å². The predicted octanol–water partition coefficient (Wildman–Crippen LogP) is 2.78. The van der Waals surface area contributed by atoms with E-state index in [1.165, 1.54) is 17.7 Å². The molecule has 1 fully saturated rings. The normalized spacial score (nSPS) is 16.1. The lowest BCUT2D eigenvalue weighted by Crippen LogP contribution is -2.38. The molecule has 0 bridgehead atoms. The van der Waals surface area contributed by atoms with Crippen molar-refractivity contribution in [3.8, 4) is 0 Å². The highest BCUT2D eigenvalue weighted by Crippen LogP contribution is 2.31. The number of hydrogen-bond donors (Lipinski definition) is 2. The summed E-state index contributed by atoms with van der Waals surface area (Å²) in [6, 6.07) is 8.27. The predicted molar refractivity (Wildman–Crippen MR) is 83.2 cm³/mol. The number of amides is 1. The van der Waals surface area contributed by atoms with Crippen molar-refractivity contribution < 1.29 is 4.79 Å². The van der Waals surface area contributed by atoms with E-state index in [-0.39, 0.29) is 11.9 Å². The summed E-state index contributed by atoms with van der Waals surface area (Å²) in [6.07, 6.45) is 2.98. The number of nitrogens with two attached hydrogens (primary N) is 1. The van der Waals surface area contributed by atoms with Crippen LogP contribution in [0.25, 0.3) is 0 Å². The lowest BCUT2D eigenvalue weighted by Gasteiger charge is -2.11. The number of halogens is 1. The van der Waals surface area contributed by atoms with Gasteiger partial charge < -0.3 is 11.1 Å². The molecule has 1 aromatic rings. The summed E-state index contributed by atoms with van der Waals surface area (Å²) in [5, 5.41) is 2.91. The average Bonchev–Trinajstić information content (AvgIpc) is 3.23. The third-order valence-electron chi connectivity index (χ3n) is 3.17. The van der Waals surface area contributed by atoms with Gasteiger partial charge in [0.15, 0.2) is 0 Å². The number of nitrogens with one attached hydrogen (secondary N) is 1. The maximum absolute atomic E-state index is 11.6. The third-order valence-corrected chi connectivity index (χ3v) is 4.72. The summed E-state index contributed by atoms with van der Waals surface area (Å²) < 4.78 is 1.07. The van der Waals surface area contributed by atoms with E-state index < -0.39 is 0 Å². The van der Waals surface area contributed by atoms with Crippen LogP contribution in [0.5, 0.6) is 0 Å². The van der Waals surface area contributed by atoms with Gasteiger partial charge >= 0.3 is 0 Å². The van der Waals surface area contributed by atoms with Gasteiger partial charge in [-0.1, -0.05) is 15.9 Å². The summed E-state index contributed by atoms with van der Waals surface area (Å²) in [5.74, 6) is 1.53. The highest BCUT2D eigenvalue weighted by atomic mass is 79.9. The fourth-order valence-electron chi connectivity index (χ4n) is 1.80. The first-order valence-electron chi connectivity index (χ1n) is 6.56. The van der Waals surface area contributed by atoms with Crippen molar-refractivity contribution in [1.29, 1.82) is 0 Å². The Kier molecular flexibility index (Phi) is 5.73. The fraction of sp³-hybridized carbons (Fsp3) is 0.500. The van der Waals surface area contributed by atoms with Crippen LogP contribution in [0.3, 0.4) is 0 Å². The highest BCUT2D eigenvalue weighted by molar-refractivity contribution is 9.10. The zero-order valence-electron chi connectivity index (χ0n) is 10.8. The number of carbonyl (C=O) groups is 1. The van der Waals surface area contributed by atoms with Crippen LogP contribution in [0.4, 0.5) is 0 Å². The van der Waals surface area contributed by atoms with Crippen LogP contribution in [0, 0.1) is 5.92 Å². The van der Waals surface area contributed by atoms with Crippen LogP contribution >= 0.6 is 27.7 Å². The molecule has 1 aliphatic rings. The lowest BCUT2D eigenvalue weighted by atomic mass is 10.2. The molecular weight excluding hydrogens is 324 g/mol. The number of benzene rings is 1. The van der Waals surface area contributed by atoms with E-state index in [1.807, 2.05) is 12.1 Å². The van der Waals surface area contributed by atoms with Crippen molar-refractivity contribution in [2.45, 2.75) is 30.2 Å². The summed E-state index contributed by atoms with van der Waals surface area (Å²) in [4.78, 5) is 12.8. The minimum absolute atomic E-state index is 0.0979.